The zero-order valence-electron chi connectivity index (χ0n) is 15.8. The predicted octanol–water partition coefficient (Wildman–Crippen LogP) is 2.71. The van der Waals surface area contributed by atoms with Crippen LogP contribution in [-0.2, 0) is 4.74 Å². The van der Waals surface area contributed by atoms with Crippen molar-refractivity contribution in [1.29, 1.82) is 0 Å². The molecule has 1 aliphatic heterocycles. The number of rotatable bonds is 8. The summed E-state index contributed by atoms with van der Waals surface area (Å²) in [5.41, 5.74) is 0.532. The molecular weight excluding hydrogens is 415 g/mol. The molecule has 0 aromatic rings. The van der Waals surface area contributed by atoms with E-state index in [0.717, 1.165) is 38.1 Å². The Morgan fingerprint density at radius 3 is 2.46 bits per heavy atom. The monoisotopic (exact) mass is 452 g/mol. The van der Waals surface area contributed by atoms with Crippen LogP contribution < -0.4 is 10.6 Å². The topological polar surface area (TPSA) is 48.9 Å². The van der Waals surface area contributed by atoms with Gasteiger partial charge in [0.15, 0.2) is 5.96 Å². The maximum absolute atomic E-state index is 5.16. The van der Waals surface area contributed by atoms with Crippen LogP contribution in [0.5, 0.6) is 0 Å². The largest absolute Gasteiger partial charge is 0.383 e. The Hall–Kier alpha value is -0.0800. The van der Waals surface area contributed by atoms with E-state index in [9.17, 15) is 0 Å². The minimum Gasteiger partial charge on any atom is -0.383 e. The quantitative estimate of drug-likeness (QED) is 0.338. The van der Waals surface area contributed by atoms with Gasteiger partial charge in [0.2, 0.25) is 0 Å². The first kappa shape index (κ1) is 22.0. The third-order valence-corrected chi connectivity index (χ3v) is 5.90. The molecule has 24 heavy (non-hydrogen) atoms. The number of ether oxygens (including phenoxy) is 1. The molecule has 2 aliphatic rings. The molecule has 2 rings (SSSR count). The molecule has 0 aromatic heterocycles. The van der Waals surface area contributed by atoms with Gasteiger partial charge in [0.1, 0.15) is 0 Å². The van der Waals surface area contributed by atoms with Crippen molar-refractivity contribution in [2.75, 3.05) is 53.5 Å². The molecule has 5 nitrogen and oxygen atoms in total. The molecule has 0 spiro atoms. The number of nitrogens with one attached hydrogen (secondary N) is 2. The second kappa shape index (κ2) is 11.5. The number of hydrogen-bond acceptors (Lipinski definition) is 3. The molecule has 0 aromatic carbocycles. The van der Waals surface area contributed by atoms with Crippen molar-refractivity contribution < 1.29 is 4.74 Å². The summed E-state index contributed by atoms with van der Waals surface area (Å²) in [5.74, 6) is 1.74. The van der Waals surface area contributed by atoms with Gasteiger partial charge in [0.05, 0.1) is 6.61 Å². The smallest absolute Gasteiger partial charge is 0.191 e. The molecule has 142 valence electrons. The summed E-state index contributed by atoms with van der Waals surface area (Å²) in [6.07, 6.45) is 7.94. The Morgan fingerprint density at radius 2 is 1.96 bits per heavy atom. The summed E-state index contributed by atoms with van der Waals surface area (Å²) in [6.45, 7) is 8.73. The Bertz CT molecular complexity index is 361. The molecule has 1 aliphatic carbocycles. The molecule has 1 saturated heterocycles. The Balaban J connectivity index is 0.00000288. The van der Waals surface area contributed by atoms with Crippen molar-refractivity contribution in [3.63, 3.8) is 0 Å². The molecule has 0 bridgehead atoms. The van der Waals surface area contributed by atoms with Gasteiger partial charge >= 0.3 is 0 Å². The van der Waals surface area contributed by atoms with Gasteiger partial charge in [0, 0.05) is 33.8 Å². The first-order chi connectivity index (χ1) is 11.2. The van der Waals surface area contributed by atoms with Crippen LogP contribution >= 0.6 is 24.0 Å². The van der Waals surface area contributed by atoms with Crippen LogP contribution in [0.1, 0.15) is 45.4 Å². The highest BCUT2D eigenvalue weighted by Crippen LogP contribution is 2.42. The second-order valence-electron chi connectivity index (χ2n) is 7.29. The number of halogens is 1. The molecular formula is C18H37IN4O. The van der Waals surface area contributed by atoms with E-state index < -0.39 is 0 Å². The lowest BCUT2D eigenvalue weighted by Crippen LogP contribution is -2.48. The fourth-order valence-electron chi connectivity index (χ4n) is 3.70. The van der Waals surface area contributed by atoms with Crippen molar-refractivity contribution in [2.45, 2.75) is 45.4 Å². The van der Waals surface area contributed by atoms with E-state index in [4.69, 9.17) is 4.74 Å². The minimum absolute atomic E-state index is 0. The van der Waals surface area contributed by atoms with Crippen LogP contribution in [0.2, 0.25) is 0 Å². The fourth-order valence-corrected chi connectivity index (χ4v) is 3.70. The van der Waals surface area contributed by atoms with Crippen LogP contribution in [0, 0.1) is 11.3 Å². The first-order valence-electron chi connectivity index (χ1n) is 9.37. The Morgan fingerprint density at radius 1 is 1.25 bits per heavy atom. The number of methoxy groups -OCH3 is 1. The van der Waals surface area contributed by atoms with E-state index in [1.807, 2.05) is 7.05 Å². The number of guanidine groups is 1. The summed E-state index contributed by atoms with van der Waals surface area (Å²) >= 11 is 0. The summed E-state index contributed by atoms with van der Waals surface area (Å²) in [6, 6.07) is 0. The van der Waals surface area contributed by atoms with Crippen molar-refractivity contribution in [3.8, 4) is 0 Å². The molecule has 1 saturated carbocycles. The lowest BCUT2D eigenvalue weighted by molar-refractivity contribution is 0.120. The van der Waals surface area contributed by atoms with Gasteiger partial charge < -0.3 is 20.3 Å². The molecule has 0 atom stereocenters. The number of likely N-dealkylation sites (tertiary alicyclic amines) is 1. The molecule has 0 unspecified atom stereocenters. The maximum Gasteiger partial charge on any atom is 0.191 e. The van der Waals surface area contributed by atoms with Gasteiger partial charge in [-0.05, 0) is 56.5 Å². The van der Waals surface area contributed by atoms with Crippen molar-refractivity contribution in [2.24, 2.45) is 16.3 Å². The summed E-state index contributed by atoms with van der Waals surface area (Å²) in [7, 11) is 3.66. The predicted molar refractivity (Wildman–Crippen MR) is 112 cm³/mol. The number of aliphatic imine (C=N–C) groups is 1. The van der Waals surface area contributed by atoms with Crippen molar-refractivity contribution >= 4 is 29.9 Å². The third kappa shape index (κ3) is 6.67. The van der Waals surface area contributed by atoms with Crippen LogP contribution in [0.25, 0.3) is 0 Å². The van der Waals surface area contributed by atoms with Gasteiger partial charge in [-0.15, -0.1) is 24.0 Å². The Kier molecular flexibility index (Phi) is 10.5. The molecule has 2 fully saturated rings. The summed E-state index contributed by atoms with van der Waals surface area (Å²) in [5, 5.41) is 7.09. The Labute approximate surface area is 165 Å². The van der Waals surface area contributed by atoms with E-state index in [1.54, 1.807) is 7.11 Å². The van der Waals surface area contributed by atoms with Gasteiger partial charge in [-0.2, -0.15) is 0 Å². The molecule has 2 N–H and O–H groups in total. The summed E-state index contributed by atoms with van der Waals surface area (Å²) < 4.78 is 5.16. The van der Waals surface area contributed by atoms with E-state index in [-0.39, 0.29) is 24.0 Å². The van der Waals surface area contributed by atoms with Crippen molar-refractivity contribution in [1.82, 2.24) is 15.5 Å². The average Bonchev–Trinajstić information content (AvgIpc) is 2.56. The standard InChI is InChI=1S/C18H36N4O.HI/c1-4-18(8-5-9-18)15-21-17(19-2)20-14-16-6-10-22(11-7-16)12-13-23-3;/h16H,4-15H2,1-3H3,(H2,19,20,21);1H. The molecule has 1 heterocycles. The van der Waals surface area contributed by atoms with Crippen molar-refractivity contribution in [3.05, 3.63) is 0 Å². The van der Waals surface area contributed by atoms with Crippen LogP contribution in [0.4, 0.5) is 0 Å². The zero-order valence-corrected chi connectivity index (χ0v) is 18.1. The zero-order chi connectivity index (χ0) is 16.5. The average molecular weight is 452 g/mol. The number of piperidine rings is 1. The molecule has 0 radical (unpaired) electrons. The van der Waals surface area contributed by atoms with E-state index >= 15 is 0 Å². The summed E-state index contributed by atoms with van der Waals surface area (Å²) in [4.78, 5) is 6.90. The van der Waals surface area contributed by atoms with Crippen LogP contribution in [0.3, 0.4) is 0 Å². The lowest BCUT2D eigenvalue weighted by atomic mass is 9.67. The maximum atomic E-state index is 5.16. The van der Waals surface area contributed by atoms with Gasteiger partial charge in [-0.3, -0.25) is 4.99 Å². The van der Waals surface area contributed by atoms with Gasteiger partial charge in [-0.1, -0.05) is 13.3 Å². The van der Waals surface area contributed by atoms with Crippen LogP contribution in [0.15, 0.2) is 4.99 Å². The minimum atomic E-state index is 0. The first-order valence-corrected chi connectivity index (χ1v) is 9.37. The third-order valence-electron chi connectivity index (χ3n) is 5.90. The van der Waals surface area contributed by atoms with E-state index in [1.165, 1.54) is 51.6 Å². The highest BCUT2D eigenvalue weighted by atomic mass is 127. The molecule has 0 amide bonds. The second-order valence-corrected chi connectivity index (χ2v) is 7.29. The lowest BCUT2D eigenvalue weighted by Gasteiger charge is -2.41. The highest BCUT2D eigenvalue weighted by molar-refractivity contribution is 14.0. The fraction of sp³-hybridized carbons (Fsp3) is 0.944. The van der Waals surface area contributed by atoms with Gasteiger partial charge in [-0.25, -0.2) is 0 Å². The highest BCUT2D eigenvalue weighted by Gasteiger charge is 2.34. The molecule has 6 heteroatoms. The van der Waals surface area contributed by atoms with Crippen LogP contribution in [-0.4, -0.2) is 64.3 Å². The van der Waals surface area contributed by atoms with Gasteiger partial charge in [0.25, 0.3) is 0 Å². The number of nitrogens with zero attached hydrogens (tertiary/aromatic N) is 2. The normalized spacial score (nSPS) is 21.7. The van der Waals surface area contributed by atoms with E-state index in [0.29, 0.717) is 5.41 Å². The SMILES string of the molecule is CCC1(CNC(=NC)NCC2CCN(CCOC)CC2)CCC1.I. The number of hydrogen-bond donors (Lipinski definition) is 2. The van der Waals surface area contributed by atoms with E-state index in [2.05, 4.69) is 27.4 Å².